The van der Waals surface area contributed by atoms with Crippen LogP contribution in [0.5, 0.6) is 0 Å². The molecule has 3 N–H and O–H groups in total. The van der Waals surface area contributed by atoms with Crippen molar-refractivity contribution in [3.8, 4) is 0 Å². The molecule has 0 saturated carbocycles. The van der Waals surface area contributed by atoms with Crippen LogP contribution in [0.2, 0.25) is 0 Å². The van der Waals surface area contributed by atoms with E-state index in [9.17, 15) is 0 Å². The normalized spacial score (nSPS) is 17.3. The molecule has 0 aliphatic carbocycles. The molecule has 1 heterocycles. The third-order valence-corrected chi connectivity index (χ3v) is 4.22. The molecule has 0 fully saturated rings. The van der Waals surface area contributed by atoms with Gasteiger partial charge in [-0.05, 0) is 36.8 Å². The quantitative estimate of drug-likeness (QED) is 0.739. The maximum Gasteiger partial charge on any atom is 0.171 e. The van der Waals surface area contributed by atoms with E-state index in [1.54, 1.807) is 0 Å². The van der Waals surface area contributed by atoms with E-state index < -0.39 is 0 Å². The molecule has 0 saturated heterocycles. The van der Waals surface area contributed by atoms with Crippen molar-refractivity contribution in [2.24, 2.45) is 0 Å². The average Bonchev–Trinajstić information content (AvgIpc) is 2.55. The molecule has 1 unspecified atom stereocenters. The molecular weight excluding hydrogens is 322 g/mol. The molecule has 0 spiro atoms. The summed E-state index contributed by atoms with van der Waals surface area (Å²) in [5, 5.41) is 10.4. The maximum atomic E-state index is 5.66. The summed E-state index contributed by atoms with van der Waals surface area (Å²) in [4.78, 5) is 0.685. The Morgan fingerprint density at radius 2 is 1.61 bits per heavy atom. The van der Waals surface area contributed by atoms with Gasteiger partial charge < -0.3 is 16.0 Å². The van der Waals surface area contributed by atoms with Gasteiger partial charge in [0.15, 0.2) is 5.11 Å². The Balaban J connectivity index is 1.94. The van der Waals surface area contributed by atoms with Crippen molar-refractivity contribution in [3.05, 3.63) is 77.5 Å². The topological polar surface area (TPSA) is 36.1 Å². The molecule has 0 aromatic heterocycles. The summed E-state index contributed by atoms with van der Waals surface area (Å²) < 4.78 is 0. The molecule has 0 amide bonds. The molecule has 0 bridgehead atoms. The van der Waals surface area contributed by atoms with Crippen molar-refractivity contribution < 1.29 is 0 Å². The van der Waals surface area contributed by atoms with Crippen LogP contribution in [0.25, 0.3) is 0 Å². The summed E-state index contributed by atoms with van der Waals surface area (Å²) >= 11 is 11.0. The van der Waals surface area contributed by atoms with E-state index in [0.717, 1.165) is 22.5 Å². The highest BCUT2D eigenvalue weighted by Gasteiger charge is 2.27. The third kappa shape index (κ3) is 3.57. The van der Waals surface area contributed by atoms with Crippen LogP contribution in [0.4, 0.5) is 5.69 Å². The highest BCUT2D eigenvalue weighted by molar-refractivity contribution is 7.81. The Kier molecular flexibility index (Phi) is 4.69. The van der Waals surface area contributed by atoms with E-state index in [-0.39, 0.29) is 6.04 Å². The van der Waals surface area contributed by atoms with Gasteiger partial charge >= 0.3 is 0 Å². The fraction of sp³-hybridized carbons (Fsp3) is 0.111. The first kappa shape index (κ1) is 15.6. The van der Waals surface area contributed by atoms with Gasteiger partial charge in [0.2, 0.25) is 0 Å². The van der Waals surface area contributed by atoms with E-state index in [0.29, 0.717) is 10.1 Å². The summed E-state index contributed by atoms with van der Waals surface area (Å²) in [6.07, 6.45) is 0. The number of para-hydroxylation sites is 1. The van der Waals surface area contributed by atoms with Gasteiger partial charge in [-0.15, -0.1) is 0 Å². The summed E-state index contributed by atoms with van der Waals surface area (Å²) in [5.74, 6) is 0. The Morgan fingerprint density at radius 3 is 2.26 bits per heavy atom. The smallest absolute Gasteiger partial charge is 0.171 e. The first-order valence-corrected chi connectivity index (χ1v) is 8.16. The van der Waals surface area contributed by atoms with Crippen molar-refractivity contribution in [3.63, 3.8) is 0 Å². The Hall–Kier alpha value is -2.24. The minimum Gasteiger partial charge on any atom is -0.351 e. The fourth-order valence-electron chi connectivity index (χ4n) is 2.61. The van der Waals surface area contributed by atoms with Crippen molar-refractivity contribution in [1.82, 2.24) is 10.6 Å². The minimum absolute atomic E-state index is 0.0614. The number of hydrogen-bond donors (Lipinski definition) is 3. The molecular formula is C18H17N3S2. The van der Waals surface area contributed by atoms with Gasteiger partial charge in [-0.3, -0.25) is 0 Å². The number of hydrogen-bond acceptors (Lipinski definition) is 2. The number of allylic oxidation sites excluding steroid dienone is 1. The minimum atomic E-state index is -0.0614. The zero-order chi connectivity index (χ0) is 16.2. The highest BCUT2D eigenvalue weighted by atomic mass is 32.1. The Bertz CT molecular complexity index is 754. The van der Waals surface area contributed by atoms with Crippen molar-refractivity contribution in [2.75, 3.05) is 5.32 Å². The van der Waals surface area contributed by atoms with Crippen LogP contribution >= 0.6 is 24.4 Å². The first-order valence-electron chi connectivity index (χ1n) is 7.35. The summed E-state index contributed by atoms with van der Waals surface area (Å²) in [6.45, 7) is 2.00. The first-order chi connectivity index (χ1) is 11.1. The van der Waals surface area contributed by atoms with E-state index in [1.807, 2.05) is 55.5 Å². The van der Waals surface area contributed by atoms with E-state index in [1.165, 1.54) is 0 Å². The molecule has 2 aromatic rings. The molecule has 3 nitrogen and oxygen atoms in total. The SMILES string of the molecule is CC1=C(C(=S)Nc2ccccc2)C(c2ccccc2)NC(=S)N1. The van der Waals surface area contributed by atoms with Crippen LogP contribution in [0.3, 0.4) is 0 Å². The second-order valence-corrected chi connectivity index (χ2v) is 6.12. The second kappa shape index (κ2) is 6.89. The van der Waals surface area contributed by atoms with Crippen LogP contribution in [0.1, 0.15) is 18.5 Å². The van der Waals surface area contributed by atoms with Gasteiger partial charge in [0.05, 0.1) is 6.04 Å². The highest BCUT2D eigenvalue weighted by Crippen LogP contribution is 2.28. The van der Waals surface area contributed by atoms with Gasteiger partial charge in [-0.1, -0.05) is 60.7 Å². The van der Waals surface area contributed by atoms with Crippen LogP contribution < -0.4 is 16.0 Å². The predicted octanol–water partition coefficient (Wildman–Crippen LogP) is 3.92. The largest absolute Gasteiger partial charge is 0.351 e. The molecule has 2 aromatic carbocycles. The van der Waals surface area contributed by atoms with Gasteiger partial charge in [0.1, 0.15) is 4.99 Å². The zero-order valence-electron chi connectivity index (χ0n) is 12.7. The lowest BCUT2D eigenvalue weighted by Crippen LogP contribution is -2.45. The van der Waals surface area contributed by atoms with Crippen LogP contribution in [-0.2, 0) is 0 Å². The second-order valence-electron chi connectivity index (χ2n) is 5.30. The average molecular weight is 339 g/mol. The van der Waals surface area contributed by atoms with E-state index in [2.05, 4.69) is 28.1 Å². The van der Waals surface area contributed by atoms with Crippen molar-refractivity contribution in [1.29, 1.82) is 0 Å². The fourth-order valence-corrected chi connectivity index (χ4v) is 3.27. The van der Waals surface area contributed by atoms with E-state index in [4.69, 9.17) is 24.4 Å². The molecule has 23 heavy (non-hydrogen) atoms. The number of anilines is 1. The summed E-state index contributed by atoms with van der Waals surface area (Å²) in [5.41, 5.74) is 4.07. The van der Waals surface area contributed by atoms with Crippen LogP contribution in [0.15, 0.2) is 71.9 Å². The lowest BCUT2D eigenvalue weighted by molar-refractivity contribution is 0.717. The van der Waals surface area contributed by atoms with Crippen molar-refractivity contribution >= 4 is 40.2 Å². The van der Waals surface area contributed by atoms with E-state index >= 15 is 0 Å². The monoisotopic (exact) mass is 339 g/mol. The van der Waals surface area contributed by atoms with Crippen LogP contribution in [-0.4, -0.2) is 10.1 Å². The van der Waals surface area contributed by atoms with Gasteiger partial charge in [0, 0.05) is 17.0 Å². The molecule has 0 radical (unpaired) electrons. The number of thiocarbonyl (C=S) groups is 2. The standard InChI is InChI=1S/C18H17N3S2/c1-12-15(17(22)20-14-10-6-3-7-11-14)16(21-18(23)19-12)13-8-4-2-5-9-13/h2-11,16H,1H3,(H,20,22)(H2,19,21,23). The van der Waals surface area contributed by atoms with Gasteiger partial charge in [-0.2, -0.15) is 0 Å². The zero-order valence-corrected chi connectivity index (χ0v) is 14.3. The molecule has 5 heteroatoms. The number of nitrogens with one attached hydrogen (secondary N) is 3. The summed E-state index contributed by atoms with van der Waals surface area (Å²) in [6, 6.07) is 20.0. The predicted molar refractivity (Wildman–Crippen MR) is 103 cm³/mol. The molecule has 1 atom stereocenters. The molecule has 1 aliphatic rings. The van der Waals surface area contributed by atoms with Crippen molar-refractivity contribution in [2.45, 2.75) is 13.0 Å². The molecule has 1 aliphatic heterocycles. The van der Waals surface area contributed by atoms with Gasteiger partial charge in [0.25, 0.3) is 0 Å². The summed E-state index contributed by atoms with van der Waals surface area (Å²) in [7, 11) is 0. The Morgan fingerprint density at radius 1 is 1.00 bits per heavy atom. The lowest BCUT2D eigenvalue weighted by Gasteiger charge is -2.31. The number of rotatable bonds is 3. The lowest BCUT2D eigenvalue weighted by atomic mass is 9.95. The third-order valence-electron chi connectivity index (χ3n) is 3.68. The number of benzene rings is 2. The Labute approximate surface area is 146 Å². The van der Waals surface area contributed by atoms with Gasteiger partial charge in [-0.25, -0.2) is 0 Å². The van der Waals surface area contributed by atoms with Crippen LogP contribution in [0, 0.1) is 0 Å². The maximum absolute atomic E-state index is 5.66. The molecule has 116 valence electrons. The molecule has 3 rings (SSSR count).